The molecule has 1 rings (SSSR count). The lowest BCUT2D eigenvalue weighted by molar-refractivity contribution is 0.0694. The molecule has 0 radical (unpaired) electrons. The Labute approximate surface area is 106 Å². The van der Waals surface area contributed by atoms with E-state index in [1.807, 2.05) is 0 Å². The first-order chi connectivity index (χ1) is 8.74. The quantitative estimate of drug-likeness (QED) is 0.689. The van der Waals surface area contributed by atoms with Crippen molar-refractivity contribution in [3.8, 4) is 0 Å². The molecule has 1 aromatic rings. The van der Waals surface area contributed by atoms with Gasteiger partial charge in [0.2, 0.25) is 0 Å². The van der Waals surface area contributed by atoms with Crippen LogP contribution in [0.25, 0.3) is 0 Å². The summed E-state index contributed by atoms with van der Waals surface area (Å²) in [7, 11) is 1.62. The van der Waals surface area contributed by atoms with Crippen LogP contribution in [0.4, 0.5) is 8.78 Å². The van der Waals surface area contributed by atoms with Crippen LogP contribution in [0, 0.1) is 11.6 Å². The van der Waals surface area contributed by atoms with Gasteiger partial charge >= 0.3 is 0 Å². The Morgan fingerprint density at radius 3 is 2.78 bits per heavy atom. The third kappa shape index (κ3) is 6.05. The lowest BCUT2D eigenvalue weighted by atomic mass is 10.2. The summed E-state index contributed by atoms with van der Waals surface area (Å²) in [6, 6.07) is 3.46. The topological polar surface area (TPSA) is 30.5 Å². The zero-order valence-electron chi connectivity index (χ0n) is 10.5. The number of hydrogen-bond acceptors (Lipinski definition) is 3. The standard InChI is InChI=1S/C13H19F2NO2/c1-17-7-8-18-6-2-5-16-10-11-9-12(14)3-4-13(11)15/h3-4,9,16H,2,5-8,10H2,1H3. The van der Waals surface area contributed by atoms with Crippen molar-refractivity contribution < 1.29 is 18.3 Å². The molecule has 0 amide bonds. The lowest BCUT2D eigenvalue weighted by Crippen LogP contribution is -2.17. The van der Waals surface area contributed by atoms with Crippen LogP contribution < -0.4 is 5.32 Å². The number of benzene rings is 1. The molecule has 0 aliphatic rings. The zero-order valence-corrected chi connectivity index (χ0v) is 10.5. The van der Waals surface area contributed by atoms with E-state index < -0.39 is 5.82 Å². The van der Waals surface area contributed by atoms with Crippen LogP contribution in [0.3, 0.4) is 0 Å². The van der Waals surface area contributed by atoms with E-state index in [2.05, 4.69) is 5.32 Å². The van der Waals surface area contributed by atoms with E-state index in [1.165, 1.54) is 6.07 Å². The molecule has 1 aromatic carbocycles. The highest BCUT2D eigenvalue weighted by Gasteiger charge is 2.02. The molecular weight excluding hydrogens is 240 g/mol. The summed E-state index contributed by atoms with van der Waals surface area (Å²) >= 11 is 0. The third-order valence-electron chi connectivity index (χ3n) is 2.40. The molecule has 0 heterocycles. The van der Waals surface area contributed by atoms with Gasteiger partial charge < -0.3 is 14.8 Å². The minimum atomic E-state index is -0.420. The normalized spacial score (nSPS) is 10.8. The predicted molar refractivity (Wildman–Crippen MR) is 65.4 cm³/mol. The fourth-order valence-corrected chi connectivity index (χ4v) is 1.45. The Morgan fingerprint density at radius 1 is 1.17 bits per heavy atom. The summed E-state index contributed by atoms with van der Waals surface area (Å²) in [4.78, 5) is 0. The van der Waals surface area contributed by atoms with E-state index in [4.69, 9.17) is 9.47 Å². The molecule has 0 aromatic heterocycles. The fourth-order valence-electron chi connectivity index (χ4n) is 1.45. The van der Waals surface area contributed by atoms with Gasteiger partial charge in [-0.15, -0.1) is 0 Å². The number of halogens is 2. The van der Waals surface area contributed by atoms with Crippen molar-refractivity contribution in [1.29, 1.82) is 0 Å². The lowest BCUT2D eigenvalue weighted by Gasteiger charge is -2.07. The Morgan fingerprint density at radius 2 is 2.00 bits per heavy atom. The van der Waals surface area contributed by atoms with Crippen LogP contribution >= 0.6 is 0 Å². The summed E-state index contributed by atoms with van der Waals surface area (Å²) < 4.78 is 36.2. The average molecular weight is 259 g/mol. The van der Waals surface area contributed by atoms with Gasteiger partial charge in [-0.2, -0.15) is 0 Å². The molecule has 0 unspecified atom stereocenters. The number of ether oxygens (including phenoxy) is 2. The summed E-state index contributed by atoms with van der Waals surface area (Å²) in [5.41, 5.74) is 0.343. The highest BCUT2D eigenvalue weighted by molar-refractivity contribution is 5.18. The Balaban J connectivity index is 2.09. The minimum absolute atomic E-state index is 0.321. The predicted octanol–water partition coefficient (Wildman–Crippen LogP) is 2.11. The van der Waals surface area contributed by atoms with Crippen LogP contribution in [0.15, 0.2) is 18.2 Å². The average Bonchev–Trinajstić information content (AvgIpc) is 2.36. The smallest absolute Gasteiger partial charge is 0.127 e. The number of rotatable bonds is 9. The molecule has 0 aliphatic carbocycles. The molecule has 18 heavy (non-hydrogen) atoms. The second-order valence-electron chi connectivity index (χ2n) is 3.87. The zero-order chi connectivity index (χ0) is 13.2. The molecular formula is C13H19F2NO2. The number of hydrogen-bond donors (Lipinski definition) is 1. The van der Waals surface area contributed by atoms with Crippen molar-refractivity contribution in [3.05, 3.63) is 35.4 Å². The van der Waals surface area contributed by atoms with Crippen molar-refractivity contribution in [3.63, 3.8) is 0 Å². The van der Waals surface area contributed by atoms with Crippen LogP contribution in [-0.4, -0.2) is 33.5 Å². The van der Waals surface area contributed by atoms with Gasteiger partial charge in [0.1, 0.15) is 11.6 Å². The Hall–Kier alpha value is -1.04. The van der Waals surface area contributed by atoms with Crippen LogP contribution in [0.1, 0.15) is 12.0 Å². The molecule has 0 bridgehead atoms. The van der Waals surface area contributed by atoms with Gasteiger partial charge in [-0.3, -0.25) is 0 Å². The molecule has 1 N–H and O–H groups in total. The molecule has 0 fully saturated rings. The van der Waals surface area contributed by atoms with Gasteiger partial charge in [-0.1, -0.05) is 0 Å². The highest BCUT2D eigenvalue weighted by Crippen LogP contribution is 2.08. The Bertz CT molecular complexity index is 348. The van der Waals surface area contributed by atoms with Crippen LogP contribution in [-0.2, 0) is 16.0 Å². The number of methoxy groups -OCH3 is 1. The van der Waals surface area contributed by atoms with Gasteiger partial charge in [0.15, 0.2) is 0 Å². The van der Waals surface area contributed by atoms with Gasteiger partial charge in [0.25, 0.3) is 0 Å². The van der Waals surface area contributed by atoms with E-state index in [-0.39, 0.29) is 5.82 Å². The van der Waals surface area contributed by atoms with Crippen molar-refractivity contribution in [2.45, 2.75) is 13.0 Å². The maximum atomic E-state index is 13.2. The van der Waals surface area contributed by atoms with Gasteiger partial charge in [0, 0.05) is 25.8 Å². The molecule has 0 spiro atoms. The monoisotopic (exact) mass is 259 g/mol. The largest absolute Gasteiger partial charge is 0.382 e. The molecule has 5 heteroatoms. The van der Waals surface area contributed by atoms with E-state index >= 15 is 0 Å². The maximum absolute atomic E-state index is 13.2. The first-order valence-corrected chi connectivity index (χ1v) is 5.95. The molecule has 0 saturated carbocycles. The van der Waals surface area contributed by atoms with Crippen molar-refractivity contribution >= 4 is 0 Å². The molecule has 0 aliphatic heterocycles. The van der Waals surface area contributed by atoms with Gasteiger partial charge in [-0.25, -0.2) is 8.78 Å². The first-order valence-electron chi connectivity index (χ1n) is 5.95. The minimum Gasteiger partial charge on any atom is -0.382 e. The molecule has 102 valence electrons. The highest BCUT2D eigenvalue weighted by atomic mass is 19.1. The summed E-state index contributed by atoms with van der Waals surface area (Å²) in [6.45, 7) is 2.81. The molecule has 3 nitrogen and oxygen atoms in total. The SMILES string of the molecule is COCCOCCCNCc1cc(F)ccc1F. The Kier molecular flexibility index (Phi) is 7.48. The second kappa shape index (κ2) is 8.97. The summed E-state index contributed by atoms with van der Waals surface area (Å²) in [6.07, 6.45) is 0.820. The molecule has 0 saturated heterocycles. The number of nitrogens with one attached hydrogen (secondary N) is 1. The molecule has 0 atom stereocenters. The van der Waals surface area contributed by atoms with Crippen LogP contribution in [0.2, 0.25) is 0 Å². The van der Waals surface area contributed by atoms with Gasteiger partial charge in [0.05, 0.1) is 13.2 Å². The van der Waals surface area contributed by atoms with E-state index in [1.54, 1.807) is 7.11 Å². The van der Waals surface area contributed by atoms with Crippen molar-refractivity contribution in [2.75, 3.05) is 33.5 Å². The van der Waals surface area contributed by atoms with E-state index in [0.29, 0.717) is 38.5 Å². The van der Waals surface area contributed by atoms with Crippen molar-refractivity contribution in [2.24, 2.45) is 0 Å². The van der Waals surface area contributed by atoms with Gasteiger partial charge in [-0.05, 0) is 31.2 Å². The third-order valence-corrected chi connectivity index (χ3v) is 2.40. The van der Waals surface area contributed by atoms with E-state index in [9.17, 15) is 8.78 Å². The fraction of sp³-hybridized carbons (Fsp3) is 0.538. The summed E-state index contributed by atoms with van der Waals surface area (Å²) in [5.74, 6) is -0.809. The van der Waals surface area contributed by atoms with Crippen LogP contribution in [0.5, 0.6) is 0 Å². The van der Waals surface area contributed by atoms with E-state index in [0.717, 1.165) is 18.6 Å². The maximum Gasteiger partial charge on any atom is 0.127 e. The van der Waals surface area contributed by atoms with Crippen molar-refractivity contribution in [1.82, 2.24) is 5.32 Å². The second-order valence-corrected chi connectivity index (χ2v) is 3.87. The first kappa shape index (κ1) is 15.0. The summed E-state index contributed by atoms with van der Waals surface area (Å²) in [5, 5.41) is 3.04.